The third kappa shape index (κ3) is 4.42. The van der Waals surface area contributed by atoms with E-state index >= 15 is 0 Å². The predicted octanol–water partition coefficient (Wildman–Crippen LogP) is 4.48. The Morgan fingerprint density at radius 1 is 1.23 bits per heavy atom. The number of esters is 1. The van der Waals surface area contributed by atoms with Gasteiger partial charge in [0.2, 0.25) is 0 Å². The van der Waals surface area contributed by atoms with Gasteiger partial charge in [0.15, 0.2) is 0 Å². The van der Waals surface area contributed by atoms with E-state index in [1.165, 1.54) is 5.56 Å². The number of nitrogens with one attached hydrogen (secondary N) is 1. The van der Waals surface area contributed by atoms with Gasteiger partial charge in [0.25, 0.3) is 0 Å². The maximum Gasteiger partial charge on any atom is 0.338 e. The van der Waals surface area contributed by atoms with Crippen LogP contribution in [0.5, 0.6) is 0 Å². The maximum atomic E-state index is 11.8. The maximum absolute atomic E-state index is 11.8. The van der Waals surface area contributed by atoms with E-state index in [-0.39, 0.29) is 12.0 Å². The van der Waals surface area contributed by atoms with Gasteiger partial charge in [0, 0.05) is 17.1 Å². The lowest BCUT2D eigenvalue weighted by molar-refractivity contribution is 0.0526. The van der Waals surface area contributed by atoms with Crippen LogP contribution in [0, 0.1) is 0 Å². The first-order chi connectivity index (χ1) is 10.6. The van der Waals surface area contributed by atoms with E-state index in [1.54, 1.807) is 6.07 Å². The zero-order valence-corrected chi connectivity index (χ0v) is 14.4. The molecule has 0 bridgehead atoms. The van der Waals surface area contributed by atoms with Crippen LogP contribution < -0.4 is 5.32 Å². The average Bonchev–Trinajstić information content (AvgIpc) is 2.54. The van der Waals surface area contributed by atoms with Crippen LogP contribution >= 0.6 is 15.9 Å². The largest absolute Gasteiger partial charge is 0.462 e. The standard InChI is InChI=1S/C18H20BrNO2/c1-3-22-18(21)15-9-6-8-14(11-15)13(2)20-12-16-7-4-5-10-17(16)19/h4-11,13,20H,3,12H2,1-2H3. The smallest absolute Gasteiger partial charge is 0.338 e. The molecule has 0 saturated heterocycles. The monoisotopic (exact) mass is 361 g/mol. The summed E-state index contributed by atoms with van der Waals surface area (Å²) in [4.78, 5) is 11.8. The summed E-state index contributed by atoms with van der Waals surface area (Å²) in [5.41, 5.74) is 2.86. The van der Waals surface area contributed by atoms with Crippen LogP contribution in [0.4, 0.5) is 0 Å². The minimum absolute atomic E-state index is 0.140. The summed E-state index contributed by atoms with van der Waals surface area (Å²) in [6, 6.07) is 15.8. The number of carbonyl (C=O) groups is 1. The first kappa shape index (κ1) is 16.7. The molecule has 0 aliphatic rings. The first-order valence-electron chi connectivity index (χ1n) is 7.35. The first-order valence-corrected chi connectivity index (χ1v) is 8.15. The topological polar surface area (TPSA) is 38.3 Å². The Hall–Kier alpha value is -1.65. The molecule has 0 aromatic heterocycles. The molecule has 4 heteroatoms. The lowest BCUT2D eigenvalue weighted by Crippen LogP contribution is -2.18. The molecule has 2 aromatic carbocycles. The van der Waals surface area contributed by atoms with Crippen LogP contribution in [0.25, 0.3) is 0 Å². The second kappa shape index (κ2) is 8.11. The van der Waals surface area contributed by atoms with E-state index in [9.17, 15) is 4.79 Å². The molecule has 0 fully saturated rings. The van der Waals surface area contributed by atoms with Gasteiger partial charge >= 0.3 is 5.97 Å². The number of benzene rings is 2. The summed E-state index contributed by atoms with van der Waals surface area (Å²) >= 11 is 3.55. The molecule has 3 nitrogen and oxygen atoms in total. The highest BCUT2D eigenvalue weighted by Gasteiger charge is 2.11. The van der Waals surface area contributed by atoms with Gasteiger partial charge in [-0.25, -0.2) is 4.79 Å². The molecule has 1 N–H and O–H groups in total. The summed E-state index contributed by atoms with van der Waals surface area (Å²) in [6.07, 6.45) is 0. The van der Waals surface area contributed by atoms with Gasteiger partial charge in [-0.1, -0.05) is 46.3 Å². The van der Waals surface area contributed by atoms with Gasteiger partial charge in [-0.05, 0) is 43.2 Å². The Kier molecular flexibility index (Phi) is 6.16. The fourth-order valence-electron chi connectivity index (χ4n) is 2.17. The molecule has 0 saturated carbocycles. The van der Waals surface area contributed by atoms with Crippen molar-refractivity contribution in [2.75, 3.05) is 6.61 Å². The lowest BCUT2D eigenvalue weighted by Gasteiger charge is -2.16. The van der Waals surface area contributed by atoms with E-state index < -0.39 is 0 Å². The Bertz CT molecular complexity index is 642. The third-order valence-electron chi connectivity index (χ3n) is 3.45. The summed E-state index contributed by atoms with van der Waals surface area (Å²) in [7, 11) is 0. The number of halogens is 1. The molecule has 1 unspecified atom stereocenters. The molecule has 0 radical (unpaired) electrons. The van der Waals surface area contributed by atoms with Crippen LogP contribution in [0.15, 0.2) is 53.0 Å². The zero-order valence-electron chi connectivity index (χ0n) is 12.8. The van der Waals surface area contributed by atoms with Gasteiger partial charge < -0.3 is 10.1 Å². The van der Waals surface area contributed by atoms with E-state index in [0.29, 0.717) is 12.2 Å². The minimum atomic E-state index is -0.276. The van der Waals surface area contributed by atoms with Crippen molar-refractivity contribution in [3.63, 3.8) is 0 Å². The molecule has 0 heterocycles. The van der Waals surface area contributed by atoms with Crippen LogP contribution in [0.1, 0.15) is 41.4 Å². The van der Waals surface area contributed by atoms with E-state index in [1.807, 2.05) is 43.3 Å². The van der Waals surface area contributed by atoms with E-state index in [2.05, 4.69) is 34.2 Å². The third-order valence-corrected chi connectivity index (χ3v) is 4.23. The van der Waals surface area contributed by atoms with Gasteiger partial charge in [-0.15, -0.1) is 0 Å². The number of ether oxygens (including phenoxy) is 1. The van der Waals surface area contributed by atoms with E-state index in [4.69, 9.17) is 4.74 Å². The lowest BCUT2D eigenvalue weighted by atomic mass is 10.0. The van der Waals surface area contributed by atoms with Crippen LogP contribution in [-0.2, 0) is 11.3 Å². The predicted molar refractivity (Wildman–Crippen MR) is 91.8 cm³/mol. The number of hydrogen-bond donors (Lipinski definition) is 1. The Morgan fingerprint density at radius 3 is 2.73 bits per heavy atom. The summed E-state index contributed by atoms with van der Waals surface area (Å²) in [5, 5.41) is 3.47. The van der Waals surface area contributed by atoms with Crippen molar-refractivity contribution in [1.29, 1.82) is 0 Å². The average molecular weight is 362 g/mol. The fourth-order valence-corrected chi connectivity index (χ4v) is 2.60. The highest BCUT2D eigenvalue weighted by molar-refractivity contribution is 9.10. The quantitative estimate of drug-likeness (QED) is 0.771. The van der Waals surface area contributed by atoms with Crippen molar-refractivity contribution >= 4 is 21.9 Å². The molecular formula is C18H20BrNO2. The Balaban J connectivity index is 2.03. The number of rotatable bonds is 6. The number of carbonyl (C=O) groups excluding carboxylic acids is 1. The normalized spacial score (nSPS) is 12.0. The van der Waals surface area contributed by atoms with Gasteiger partial charge in [-0.2, -0.15) is 0 Å². The van der Waals surface area contributed by atoms with Crippen molar-refractivity contribution in [3.05, 3.63) is 69.7 Å². The Labute approximate surface area is 139 Å². The highest BCUT2D eigenvalue weighted by atomic mass is 79.9. The molecule has 22 heavy (non-hydrogen) atoms. The van der Waals surface area contributed by atoms with Crippen molar-refractivity contribution < 1.29 is 9.53 Å². The SMILES string of the molecule is CCOC(=O)c1cccc(C(C)NCc2ccccc2Br)c1. The van der Waals surface area contributed by atoms with Crippen molar-refractivity contribution in [1.82, 2.24) is 5.32 Å². The number of hydrogen-bond acceptors (Lipinski definition) is 3. The summed E-state index contributed by atoms with van der Waals surface area (Å²) < 4.78 is 6.13. The van der Waals surface area contributed by atoms with Crippen LogP contribution in [0.2, 0.25) is 0 Å². The molecule has 0 spiro atoms. The van der Waals surface area contributed by atoms with Crippen LogP contribution in [-0.4, -0.2) is 12.6 Å². The fraction of sp³-hybridized carbons (Fsp3) is 0.278. The van der Waals surface area contributed by atoms with Gasteiger partial charge in [0.05, 0.1) is 12.2 Å². The molecular weight excluding hydrogens is 342 g/mol. The molecule has 1 atom stereocenters. The summed E-state index contributed by atoms with van der Waals surface area (Å²) in [5.74, 6) is -0.276. The molecule has 116 valence electrons. The molecule has 2 rings (SSSR count). The second-order valence-corrected chi connectivity index (χ2v) is 5.89. The zero-order chi connectivity index (χ0) is 15.9. The highest BCUT2D eigenvalue weighted by Crippen LogP contribution is 2.19. The van der Waals surface area contributed by atoms with Gasteiger partial charge in [0.1, 0.15) is 0 Å². The van der Waals surface area contributed by atoms with Crippen molar-refractivity contribution in [2.45, 2.75) is 26.4 Å². The summed E-state index contributed by atoms with van der Waals surface area (Å²) in [6.45, 7) is 5.04. The van der Waals surface area contributed by atoms with Crippen molar-refractivity contribution in [2.24, 2.45) is 0 Å². The molecule has 0 amide bonds. The van der Waals surface area contributed by atoms with Crippen molar-refractivity contribution in [3.8, 4) is 0 Å². The Morgan fingerprint density at radius 2 is 2.00 bits per heavy atom. The molecule has 0 aliphatic heterocycles. The van der Waals surface area contributed by atoms with Crippen LogP contribution in [0.3, 0.4) is 0 Å². The molecule has 2 aromatic rings. The second-order valence-electron chi connectivity index (χ2n) is 5.04. The minimum Gasteiger partial charge on any atom is -0.462 e. The van der Waals surface area contributed by atoms with Gasteiger partial charge in [-0.3, -0.25) is 0 Å². The molecule has 0 aliphatic carbocycles. The van der Waals surface area contributed by atoms with E-state index in [0.717, 1.165) is 16.6 Å².